The van der Waals surface area contributed by atoms with Gasteiger partial charge in [0.05, 0.1) is 19.3 Å². The normalized spacial score (nSPS) is 17.7. The number of nitrogens with one attached hydrogen (secondary N) is 1. The van der Waals surface area contributed by atoms with Gasteiger partial charge in [0.2, 0.25) is 5.91 Å². The topological polar surface area (TPSA) is 82.6 Å². The summed E-state index contributed by atoms with van der Waals surface area (Å²) in [6, 6.07) is 5.44. The van der Waals surface area contributed by atoms with Crippen molar-refractivity contribution in [1.29, 1.82) is 0 Å². The van der Waals surface area contributed by atoms with Crippen molar-refractivity contribution in [2.24, 2.45) is 0 Å². The molecule has 1 unspecified atom stereocenters. The number of nitrogens with zero attached hydrogens (tertiary/aromatic N) is 1. The van der Waals surface area contributed by atoms with E-state index in [-0.39, 0.29) is 23.9 Å². The summed E-state index contributed by atoms with van der Waals surface area (Å²) in [5.41, 5.74) is 2.41. The van der Waals surface area contributed by atoms with Gasteiger partial charge in [-0.3, -0.25) is 4.79 Å². The Morgan fingerprint density at radius 3 is 3.08 bits per heavy atom. The van der Waals surface area contributed by atoms with Crippen LogP contribution in [0.25, 0.3) is 10.9 Å². The molecule has 0 bridgehead atoms. The summed E-state index contributed by atoms with van der Waals surface area (Å²) < 4.78 is 4.77. The molecule has 0 saturated carbocycles. The maximum atomic E-state index is 12.5. The number of esters is 1. The number of amides is 1. The third-order valence-electron chi connectivity index (χ3n) is 4.31. The van der Waals surface area contributed by atoms with E-state index in [0.29, 0.717) is 24.3 Å². The van der Waals surface area contributed by atoms with Gasteiger partial charge in [-0.1, -0.05) is 6.07 Å². The number of hydrogen-bond acceptors (Lipinski definition) is 6. The van der Waals surface area contributed by atoms with Crippen LogP contribution in [0.4, 0.5) is 0 Å². The van der Waals surface area contributed by atoms with Crippen LogP contribution >= 0.6 is 23.5 Å². The third-order valence-corrected chi connectivity index (χ3v) is 6.51. The van der Waals surface area contributed by atoms with Crippen molar-refractivity contribution in [3.63, 3.8) is 0 Å². The maximum absolute atomic E-state index is 12.5. The van der Waals surface area contributed by atoms with Crippen LogP contribution < -0.4 is 0 Å². The summed E-state index contributed by atoms with van der Waals surface area (Å²) in [4.78, 5) is 29.3. The second-order valence-electron chi connectivity index (χ2n) is 5.89. The molecule has 2 N–H and O–H groups in total. The highest BCUT2D eigenvalue weighted by atomic mass is 32.2. The van der Waals surface area contributed by atoms with E-state index in [4.69, 9.17) is 9.84 Å². The number of hydrogen-bond donors (Lipinski definition) is 2. The monoisotopic (exact) mass is 394 g/mol. The molecule has 0 spiro atoms. The van der Waals surface area contributed by atoms with Crippen LogP contribution in [0.3, 0.4) is 0 Å². The van der Waals surface area contributed by atoms with Gasteiger partial charge in [0.1, 0.15) is 5.37 Å². The molecule has 1 amide bonds. The molecule has 0 aliphatic carbocycles. The number of methoxy groups -OCH3 is 1. The van der Waals surface area contributed by atoms with E-state index in [1.165, 1.54) is 7.11 Å². The first-order valence-electron chi connectivity index (χ1n) is 8.44. The molecule has 1 aliphatic heterocycles. The maximum Gasteiger partial charge on any atom is 0.337 e. The summed E-state index contributed by atoms with van der Waals surface area (Å²) in [6.45, 7) is 0.815. The number of carbonyl (C=O) groups excluding carboxylic acids is 2. The fourth-order valence-corrected chi connectivity index (χ4v) is 5.00. The lowest BCUT2D eigenvalue weighted by Crippen LogP contribution is -2.38. The van der Waals surface area contributed by atoms with Crippen LogP contribution in [0.5, 0.6) is 0 Å². The van der Waals surface area contributed by atoms with Crippen molar-refractivity contribution >= 4 is 46.3 Å². The quantitative estimate of drug-likeness (QED) is 0.555. The Kier molecular flexibility index (Phi) is 6.50. The number of aromatic nitrogens is 1. The summed E-state index contributed by atoms with van der Waals surface area (Å²) in [5, 5.41) is 9.89. The lowest BCUT2D eigenvalue weighted by atomic mass is 10.1. The average molecular weight is 395 g/mol. The number of aliphatic hydroxyl groups excluding tert-OH is 1. The highest BCUT2D eigenvalue weighted by Gasteiger charge is 2.31. The molecular formula is C18H22N2O4S2. The summed E-state index contributed by atoms with van der Waals surface area (Å²) >= 11 is 3.41. The zero-order valence-electron chi connectivity index (χ0n) is 14.6. The minimum atomic E-state index is -0.368. The van der Waals surface area contributed by atoms with Crippen molar-refractivity contribution in [2.45, 2.75) is 11.8 Å². The number of aliphatic hydroxyl groups is 1. The first kappa shape index (κ1) is 19.1. The molecule has 8 heteroatoms. The predicted octanol–water partition coefficient (Wildman–Crippen LogP) is 2.64. The fraction of sp³-hybridized carbons (Fsp3) is 0.444. The lowest BCUT2D eigenvalue weighted by molar-refractivity contribution is -0.131. The van der Waals surface area contributed by atoms with Crippen LogP contribution in [-0.4, -0.2) is 64.4 Å². The highest BCUT2D eigenvalue weighted by molar-refractivity contribution is 7.99. The van der Waals surface area contributed by atoms with Gasteiger partial charge in [-0.05, 0) is 12.1 Å². The van der Waals surface area contributed by atoms with Crippen LogP contribution in [0.15, 0.2) is 24.4 Å². The van der Waals surface area contributed by atoms with Gasteiger partial charge in [0.15, 0.2) is 0 Å². The standard InChI is InChI=1S/C18H22N2O4S2/c1-24-18(23)12-2-3-13-14(11-19-15(13)10-12)17-20(5-8-25-9-6-21)16(22)4-7-26-17/h2-3,10-11,17,19,21H,4-9H2,1H3. The van der Waals surface area contributed by atoms with Gasteiger partial charge in [0, 0.05) is 52.9 Å². The number of rotatable bonds is 7. The second kappa shape index (κ2) is 8.83. The Balaban J connectivity index is 1.85. The summed E-state index contributed by atoms with van der Waals surface area (Å²) in [7, 11) is 1.36. The smallest absolute Gasteiger partial charge is 0.337 e. The molecule has 1 aliphatic rings. The number of aromatic amines is 1. The minimum Gasteiger partial charge on any atom is -0.465 e. The van der Waals surface area contributed by atoms with Gasteiger partial charge in [-0.15, -0.1) is 11.8 Å². The Hall–Kier alpha value is -1.64. The van der Waals surface area contributed by atoms with Crippen molar-refractivity contribution in [2.75, 3.05) is 37.5 Å². The molecule has 26 heavy (non-hydrogen) atoms. The first-order valence-corrected chi connectivity index (χ1v) is 10.6. The second-order valence-corrected chi connectivity index (χ2v) is 8.31. The van der Waals surface area contributed by atoms with Crippen molar-refractivity contribution in [1.82, 2.24) is 9.88 Å². The van der Waals surface area contributed by atoms with E-state index < -0.39 is 0 Å². The van der Waals surface area contributed by atoms with Crippen LogP contribution in [0, 0.1) is 0 Å². The Bertz CT molecular complexity index is 793. The van der Waals surface area contributed by atoms with Gasteiger partial charge in [-0.2, -0.15) is 11.8 Å². The van der Waals surface area contributed by atoms with Crippen molar-refractivity contribution < 1.29 is 19.4 Å². The number of H-pyrrole nitrogens is 1. The van der Waals surface area contributed by atoms with E-state index in [2.05, 4.69) is 4.98 Å². The molecule has 0 radical (unpaired) electrons. The van der Waals surface area contributed by atoms with E-state index in [1.54, 1.807) is 35.7 Å². The summed E-state index contributed by atoms with van der Waals surface area (Å²) in [5.74, 6) is 2.09. The number of fused-ring (bicyclic) bond motifs is 1. The molecule has 1 fully saturated rings. The fourth-order valence-electron chi connectivity index (χ4n) is 3.05. The molecule has 1 saturated heterocycles. The first-order chi connectivity index (χ1) is 12.7. The number of benzene rings is 1. The van der Waals surface area contributed by atoms with E-state index >= 15 is 0 Å². The third kappa shape index (κ3) is 4.02. The van der Waals surface area contributed by atoms with E-state index in [9.17, 15) is 9.59 Å². The van der Waals surface area contributed by atoms with Crippen molar-refractivity contribution in [3.05, 3.63) is 35.5 Å². The highest BCUT2D eigenvalue weighted by Crippen LogP contribution is 2.40. The average Bonchev–Trinajstić information content (AvgIpc) is 3.08. The number of carbonyl (C=O) groups is 2. The van der Waals surface area contributed by atoms with Gasteiger partial charge < -0.3 is 19.7 Å². The SMILES string of the molecule is COC(=O)c1ccc2c(C3SCCC(=O)N3CCSCCO)c[nH]c2c1. The Morgan fingerprint density at radius 2 is 2.31 bits per heavy atom. The Morgan fingerprint density at radius 1 is 1.46 bits per heavy atom. The lowest BCUT2D eigenvalue weighted by Gasteiger charge is -2.35. The predicted molar refractivity (Wildman–Crippen MR) is 106 cm³/mol. The molecule has 2 aromatic rings. The molecule has 6 nitrogen and oxygen atoms in total. The minimum absolute atomic E-state index is 0.0382. The number of thioether (sulfide) groups is 2. The molecule has 1 atom stereocenters. The van der Waals surface area contributed by atoms with Crippen LogP contribution in [-0.2, 0) is 9.53 Å². The molecule has 1 aromatic heterocycles. The molecule has 1 aromatic carbocycles. The zero-order valence-corrected chi connectivity index (χ0v) is 16.2. The van der Waals surface area contributed by atoms with Gasteiger partial charge >= 0.3 is 5.97 Å². The van der Waals surface area contributed by atoms with E-state index in [1.807, 2.05) is 17.2 Å². The molecule has 2 heterocycles. The number of ether oxygens (including phenoxy) is 1. The van der Waals surface area contributed by atoms with Gasteiger partial charge in [-0.25, -0.2) is 4.79 Å². The van der Waals surface area contributed by atoms with Crippen LogP contribution in [0.2, 0.25) is 0 Å². The van der Waals surface area contributed by atoms with Gasteiger partial charge in [0.25, 0.3) is 0 Å². The van der Waals surface area contributed by atoms with Crippen molar-refractivity contribution in [3.8, 4) is 0 Å². The largest absolute Gasteiger partial charge is 0.465 e. The Labute approximate surface area is 160 Å². The summed E-state index contributed by atoms with van der Waals surface area (Å²) in [6.07, 6.45) is 2.48. The van der Waals surface area contributed by atoms with Crippen LogP contribution in [0.1, 0.15) is 27.7 Å². The molecule has 3 rings (SSSR count). The zero-order chi connectivity index (χ0) is 18.5. The van der Waals surface area contributed by atoms with E-state index in [0.717, 1.165) is 28.0 Å². The molecular weight excluding hydrogens is 372 g/mol. The molecule has 140 valence electrons.